The minimum Gasteiger partial charge on any atom is -0.308 e. The van der Waals surface area contributed by atoms with Crippen LogP contribution in [0.25, 0.3) is 0 Å². The molecule has 0 atom stereocenters. The summed E-state index contributed by atoms with van der Waals surface area (Å²) in [5, 5.41) is 1.11. The van der Waals surface area contributed by atoms with Crippen molar-refractivity contribution in [2.45, 2.75) is 6.54 Å². The third-order valence-corrected chi connectivity index (χ3v) is 2.82. The van der Waals surface area contributed by atoms with Gasteiger partial charge < -0.3 is 9.80 Å². The van der Waals surface area contributed by atoms with E-state index in [1.165, 1.54) is 0 Å². The number of rotatable bonds is 5. The van der Waals surface area contributed by atoms with Crippen molar-refractivity contribution in [3.05, 3.63) is 28.0 Å². The molecule has 5 heteroatoms. The van der Waals surface area contributed by atoms with E-state index in [1.807, 2.05) is 0 Å². The van der Waals surface area contributed by atoms with Gasteiger partial charge in [-0.2, -0.15) is 0 Å². The van der Waals surface area contributed by atoms with E-state index in [0.717, 1.165) is 25.2 Å². The molecule has 0 amide bonds. The van der Waals surface area contributed by atoms with Gasteiger partial charge in [0.1, 0.15) is 5.15 Å². The molecule has 1 heterocycles. The van der Waals surface area contributed by atoms with E-state index in [0.29, 0.717) is 10.2 Å². The second kappa shape index (κ2) is 6.40. The summed E-state index contributed by atoms with van der Waals surface area (Å²) in [5.74, 6) is 0. The van der Waals surface area contributed by atoms with Crippen LogP contribution in [-0.4, -0.2) is 49.0 Å². The second-order valence-electron chi connectivity index (χ2n) is 4.14. The third-order valence-electron chi connectivity index (χ3n) is 2.27. The summed E-state index contributed by atoms with van der Waals surface area (Å²) >= 11 is 11.8. The van der Waals surface area contributed by atoms with Gasteiger partial charge in [-0.1, -0.05) is 23.2 Å². The lowest BCUT2D eigenvalue weighted by Crippen LogP contribution is -2.28. The maximum absolute atomic E-state index is 6.07. The zero-order valence-corrected chi connectivity index (χ0v) is 11.4. The molecule has 0 N–H and O–H groups in total. The van der Waals surface area contributed by atoms with Crippen molar-refractivity contribution in [2.24, 2.45) is 0 Å². The van der Waals surface area contributed by atoms with Gasteiger partial charge in [0.15, 0.2) is 0 Å². The van der Waals surface area contributed by atoms with E-state index < -0.39 is 0 Å². The monoisotopic (exact) mass is 261 g/mol. The quantitative estimate of drug-likeness (QED) is 0.759. The molecule has 0 fully saturated rings. The molecule has 16 heavy (non-hydrogen) atoms. The number of likely N-dealkylation sites (N-methyl/N-ethyl adjacent to an activating group) is 2. The number of hydrogen-bond acceptors (Lipinski definition) is 3. The van der Waals surface area contributed by atoms with Gasteiger partial charge in [-0.25, -0.2) is 4.98 Å². The van der Waals surface area contributed by atoms with Gasteiger partial charge in [0, 0.05) is 36.4 Å². The maximum Gasteiger partial charge on any atom is 0.130 e. The van der Waals surface area contributed by atoms with Gasteiger partial charge in [0.2, 0.25) is 0 Å². The highest BCUT2D eigenvalue weighted by molar-refractivity contribution is 6.34. The number of hydrogen-bond donors (Lipinski definition) is 0. The lowest BCUT2D eigenvalue weighted by molar-refractivity contribution is 0.276. The average Bonchev–Trinajstić information content (AvgIpc) is 2.19. The van der Waals surface area contributed by atoms with Crippen LogP contribution in [0, 0.1) is 0 Å². The fourth-order valence-electron chi connectivity index (χ4n) is 1.29. The zero-order chi connectivity index (χ0) is 12.1. The first-order chi connectivity index (χ1) is 7.49. The van der Waals surface area contributed by atoms with Crippen LogP contribution in [0.5, 0.6) is 0 Å². The van der Waals surface area contributed by atoms with Crippen molar-refractivity contribution in [1.29, 1.82) is 0 Å². The Bertz CT molecular complexity index is 342. The van der Waals surface area contributed by atoms with Gasteiger partial charge >= 0.3 is 0 Å². The van der Waals surface area contributed by atoms with E-state index in [1.54, 1.807) is 12.3 Å². The molecule has 1 aromatic rings. The van der Waals surface area contributed by atoms with E-state index in [2.05, 4.69) is 35.9 Å². The van der Waals surface area contributed by atoms with Crippen molar-refractivity contribution in [1.82, 2.24) is 14.8 Å². The summed E-state index contributed by atoms with van der Waals surface area (Å²) in [4.78, 5) is 8.39. The Balaban J connectivity index is 2.52. The minimum absolute atomic E-state index is 0.435. The van der Waals surface area contributed by atoms with Crippen LogP contribution < -0.4 is 0 Å². The Hall–Kier alpha value is -0.350. The molecule has 1 aromatic heterocycles. The van der Waals surface area contributed by atoms with Gasteiger partial charge in [-0.15, -0.1) is 0 Å². The fraction of sp³-hybridized carbons (Fsp3) is 0.545. The van der Waals surface area contributed by atoms with Gasteiger partial charge in [-0.05, 0) is 27.2 Å². The van der Waals surface area contributed by atoms with E-state index in [4.69, 9.17) is 23.2 Å². The molecule has 0 spiro atoms. The van der Waals surface area contributed by atoms with Crippen LogP contribution in [0.2, 0.25) is 10.2 Å². The lowest BCUT2D eigenvalue weighted by Gasteiger charge is -2.19. The Labute approximate surface area is 107 Å². The summed E-state index contributed by atoms with van der Waals surface area (Å²) in [7, 11) is 6.18. The molecule has 0 aliphatic heterocycles. The summed E-state index contributed by atoms with van der Waals surface area (Å²) in [5.41, 5.74) is 1.01. The second-order valence-corrected chi connectivity index (χ2v) is 4.93. The van der Waals surface area contributed by atoms with Crippen molar-refractivity contribution in [3.63, 3.8) is 0 Å². The van der Waals surface area contributed by atoms with Crippen LogP contribution >= 0.6 is 23.2 Å². The van der Waals surface area contributed by atoms with E-state index >= 15 is 0 Å². The predicted octanol–water partition coefficient (Wildman–Crippen LogP) is 2.38. The Morgan fingerprint density at radius 3 is 2.44 bits per heavy atom. The molecule has 90 valence electrons. The van der Waals surface area contributed by atoms with E-state index in [-0.39, 0.29) is 0 Å². The largest absolute Gasteiger partial charge is 0.308 e. The average molecular weight is 262 g/mol. The Morgan fingerprint density at radius 1 is 1.19 bits per heavy atom. The standard InChI is InChI=1S/C11H17Cl2N3/c1-15(2)4-5-16(3)8-9-7-14-11(13)6-10(9)12/h6-7H,4-5,8H2,1-3H3. The summed E-state index contributed by atoms with van der Waals surface area (Å²) in [6.45, 7) is 2.80. The molecule has 1 rings (SSSR count). The van der Waals surface area contributed by atoms with Gasteiger partial charge in [0.05, 0.1) is 0 Å². The van der Waals surface area contributed by atoms with Crippen molar-refractivity contribution in [2.75, 3.05) is 34.2 Å². The molecular formula is C11H17Cl2N3. The van der Waals surface area contributed by atoms with Crippen LogP contribution in [0.1, 0.15) is 5.56 Å². The highest BCUT2D eigenvalue weighted by Crippen LogP contribution is 2.19. The number of aromatic nitrogens is 1. The smallest absolute Gasteiger partial charge is 0.130 e. The van der Waals surface area contributed by atoms with Crippen molar-refractivity contribution in [3.8, 4) is 0 Å². The summed E-state index contributed by atoms with van der Waals surface area (Å²) < 4.78 is 0. The molecule has 0 aromatic carbocycles. The van der Waals surface area contributed by atoms with Gasteiger partial charge in [0.25, 0.3) is 0 Å². The van der Waals surface area contributed by atoms with Crippen LogP contribution in [0.15, 0.2) is 12.3 Å². The Morgan fingerprint density at radius 2 is 1.88 bits per heavy atom. The fourth-order valence-corrected chi connectivity index (χ4v) is 1.72. The first-order valence-corrected chi connectivity index (χ1v) is 5.88. The first-order valence-electron chi connectivity index (χ1n) is 5.12. The SMILES string of the molecule is CN(C)CCN(C)Cc1cnc(Cl)cc1Cl. The summed E-state index contributed by atoms with van der Waals surface area (Å²) in [6.07, 6.45) is 1.73. The molecule has 0 bridgehead atoms. The number of pyridine rings is 1. The zero-order valence-electron chi connectivity index (χ0n) is 9.87. The molecule has 0 saturated carbocycles. The van der Waals surface area contributed by atoms with Crippen LogP contribution in [0.3, 0.4) is 0 Å². The van der Waals surface area contributed by atoms with Crippen molar-refractivity contribution < 1.29 is 0 Å². The first kappa shape index (κ1) is 13.7. The van der Waals surface area contributed by atoms with E-state index in [9.17, 15) is 0 Å². The molecular weight excluding hydrogens is 245 g/mol. The highest BCUT2D eigenvalue weighted by Gasteiger charge is 2.06. The van der Waals surface area contributed by atoms with Crippen LogP contribution in [0.4, 0.5) is 0 Å². The number of halogens is 2. The number of nitrogens with zero attached hydrogens (tertiary/aromatic N) is 3. The minimum atomic E-state index is 0.435. The molecule has 0 saturated heterocycles. The summed E-state index contributed by atoms with van der Waals surface area (Å²) in [6, 6.07) is 1.68. The van der Waals surface area contributed by atoms with Crippen LogP contribution in [-0.2, 0) is 6.54 Å². The molecule has 0 radical (unpaired) electrons. The normalized spacial score (nSPS) is 11.4. The maximum atomic E-state index is 6.07. The molecule has 0 unspecified atom stereocenters. The topological polar surface area (TPSA) is 19.4 Å². The highest BCUT2D eigenvalue weighted by atomic mass is 35.5. The lowest BCUT2D eigenvalue weighted by atomic mass is 10.2. The third kappa shape index (κ3) is 4.66. The predicted molar refractivity (Wildman–Crippen MR) is 69.1 cm³/mol. The molecule has 3 nitrogen and oxygen atoms in total. The Kier molecular flexibility index (Phi) is 5.49. The molecule has 0 aliphatic rings. The van der Waals surface area contributed by atoms with Gasteiger partial charge in [-0.3, -0.25) is 0 Å². The van der Waals surface area contributed by atoms with Crippen molar-refractivity contribution >= 4 is 23.2 Å². The molecule has 0 aliphatic carbocycles.